The minimum Gasteiger partial charge on any atom is -0.366 e. The normalized spacial score (nSPS) is 12.6. The van der Waals surface area contributed by atoms with E-state index in [1.807, 2.05) is 0 Å². The highest BCUT2D eigenvalue weighted by molar-refractivity contribution is 7.92. The van der Waals surface area contributed by atoms with Crippen molar-refractivity contribution in [3.05, 3.63) is 65.5 Å². The molecule has 1 heterocycles. The van der Waals surface area contributed by atoms with Crippen LogP contribution in [0.3, 0.4) is 0 Å². The van der Waals surface area contributed by atoms with Gasteiger partial charge in [-0.25, -0.2) is 18.1 Å². The van der Waals surface area contributed by atoms with E-state index < -0.39 is 27.7 Å². The molecule has 0 aliphatic heterocycles. The maximum atomic E-state index is 13.1. The average molecular weight is 465 g/mol. The number of halogens is 3. The third-order valence-corrected chi connectivity index (χ3v) is 4.78. The average Bonchev–Trinajstić information content (AvgIpc) is 3.12. The molecule has 3 rings (SSSR count). The van der Waals surface area contributed by atoms with Gasteiger partial charge in [-0.3, -0.25) is 9.52 Å². The summed E-state index contributed by atoms with van der Waals surface area (Å²) >= 11 is 0. The maximum absolute atomic E-state index is 13.1. The number of hydrogen-bond acceptors (Lipinski definition) is 5. The number of rotatable bonds is 6. The van der Waals surface area contributed by atoms with Crippen molar-refractivity contribution in [1.29, 1.82) is 0 Å². The van der Waals surface area contributed by atoms with Gasteiger partial charge in [-0.15, -0.1) is 5.10 Å². The molecule has 0 saturated carbocycles. The Morgan fingerprint density at radius 1 is 1.19 bits per heavy atom. The molecule has 12 heteroatoms. The van der Waals surface area contributed by atoms with Gasteiger partial charge in [0.2, 0.25) is 10.0 Å². The molecule has 2 aromatic carbocycles. The van der Waals surface area contributed by atoms with Crippen LogP contribution in [0.2, 0.25) is 0 Å². The molecule has 3 N–H and O–H groups in total. The molecule has 0 unspecified atom stereocenters. The van der Waals surface area contributed by atoms with Gasteiger partial charge in [-0.2, -0.15) is 13.2 Å². The number of alkyl halides is 3. The van der Waals surface area contributed by atoms with Crippen LogP contribution >= 0.6 is 0 Å². The predicted octanol–water partition coefficient (Wildman–Crippen LogP) is 3.13. The number of sulfonamides is 1. The highest BCUT2D eigenvalue weighted by Gasteiger charge is 2.31. The lowest BCUT2D eigenvalue weighted by molar-refractivity contribution is -0.137. The number of nitrogens with zero attached hydrogens (tertiary/aromatic N) is 3. The molecule has 168 valence electrons. The summed E-state index contributed by atoms with van der Waals surface area (Å²) in [5, 5.41) is 4.12. The summed E-state index contributed by atoms with van der Waals surface area (Å²) in [4.78, 5) is 16.0. The largest absolute Gasteiger partial charge is 0.416 e. The Morgan fingerprint density at radius 2 is 1.91 bits per heavy atom. The van der Waals surface area contributed by atoms with Crippen LogP contribution in [-0.4, -0.2) is 35.3 Å². The molecule has 0 radical (unpaired) electrons. The predicted molar refractivity (Wildman–Crippen MR) is 113 cm³/mol. The Morgan fingerprint density at radius 3 is 2.53 bits per heavy atom. The van der Waals surface area contributed by atoms with E-state index >= 15 is 0 Å². The molecule has 0 spiro atoms. The summed E-state index contributed by atoms with van der Waals surface area (Å²) in [5.74, 6) is -0.805. The zero-order valence-corrected chi connectivity index (χ0v) is 17.7. The van der Waals surface area contributed by atoms with Gasteiger partial charge in [0.1, 0.15) is 6.33 Å². The Kier molecular flexibility index (Phi) is 6.08. The number of primary amides is 1. The van der Waals surface area contributed by atoms with Crippen molar-refractivity contribution in [3.63, 3.8) is 0 Å². The highest BCUT2D eigenvalue weighted by atomic mass is 32.2. The van der Waals surface area contributed by atoms with Gasteiger partial charge in [-0.1, -0.05) is 12.1 Å². The molecular formula is C20H18F3N5O3S. The molecule has 0 atom stereocenters. The van der Waals surface area contributed by atoms with E-state index in [1.54, 1.807) is 0 Å². The van der Waals surface area contributed by atoms with E-state index in [0.717, 1.165) is 23.1 Å². The molecule has 1 aromatic heterocycles. The SMILES string of the molecule is Cc1cc(-c2ncn(/C=C(/C(N)=O)c3cccc(NS(C)(=O)=O)c3)n2)cc(C(F)(F)F)c1. The molecule has 0 aliphatic rings. The van der Waals surface area contributed by atoms with Crippen molar-refractivity contribution < 1.29 is 26.4 Å². The van der Waals surface area contributed by atoms with Crippen LogP contribution < -0.4 is 10.5 Å². The third kappa shape index (κ3) is 5.72. The lowest BCUT2D eigenvalue weighted by Crippen LogP contribution is -2.14. The molecule has 1 amide bonds. The van der Waals surface area contributed by atoms with Crippen LogP contribution in [0.15, 0.2) is 48.8 Å². The first-order valence-corrected chi connectivity index (χ1v) is 10.9. The van der Waals surface area contributed by atoms with Gasteiger partial charge in [-0.05, 0) is 48.4 Å². The van der Waals surface area contributed by atoms with Crippen molar-refractivity contribution in [2.45, 2.75) is 13.1 Å². The molecule has 32 heavy (non-hydrogen) atoms. The lowest BCUT2D eigenvalue weighted by atomic mass is 10.1. The summed E-state index contributed by atoms with van der Waals surface area (Å²) in [6.07, 6.45) is -1.07. The van der Waals surface area contributed by atoms with Crippen LogP contribution in [-0.2, 0) is 21.0 Å². The van der Waals surface area contributed by atoms with Gasteiger partial charge >= 0.3 is 6.18 Å². The molecule has 8 nitrogen and oxygen atoms in total. The highest BCUT2D eigenvalue weighted by Crippen LogP contribution is 2.32. The van der Waals surface area contributed by atoms with E-state index in [-0.39, 0.29) is 22.6 Å². The maximum Gasteiger partial charge on any atom is 0.416 e. The Hall–Kier alpha value is -3.67. The van der Waals surface area contributed by atoms with Crippen LogP contribution in [0, 0.1) is 6.92 Å². The number of carbonyl (C=O) groups excluding carboxylic acids is 1. The van der Waals surface area contributed by atoms with E-state index in [2.05, 4.69) is 14.8 Å². The number of aryl methyl sites for hydroxylation is 1. The van der Waals surface area contributed by atoms with Crippen LogP contribution in [0.1, 0.15) is 16.7 Å². The van der Waals surface area contributed by atoms with E-state index in [0.29, 0.717) is 11.1 Å². The molecule has 0 saturated heterocycles. The summed E-state index contributed by atoms with van der Waals surface area (Å²) in [7, 11) is -3.54. The first kappa shape index (κ1) is 23.0. The third-order valence-electron chi connectivity index (χ3n) is 4.18. The quantitative estimate of drug-likeness (QED) is 0.542. The monoisotopic (exact) mass is 465 g/mol. The summed E-state index contributed by atoms with van der Waals surface area (Å²) in [5.41, 5.74) is 5.69. The van der Waals surface area contributed by atoms with Crippen molar-refractivity contribution in [2.24, 2.45) is 5.73 Å². The minimum absolute atomic E-state index is 0.0150. The zero-order chi connectivity index (χ0) is 23.7. The zero-order valence-electron chi connectivity index (χ0n) is 16.9. The first-order valence-electron chi connectivity index (χ1n) is 9.02. The van der Waals surface area contributed by atoms with Gasteiger partial charge in [0, 0.05) is 17.5 Å². The number of anilines is 1. The van der Waals surface area contributed by atoms with E-state index in [4.69, 9.17) is 5.73 Å². The number of nitrogens with two attached hydrogens (primary N) is 1. The topological polar surface area (TPSA) is 120 Å². The Balaban J connectivity index is 1.99. The summed E-state index contributed by atoms with van der Waals surface area (Å²) < 4.78 is 65.6. The summed E-state index contributed by atoms with van der Waals surface area (Å²) in [6, 6.07) is 9.43. The fourth-order valence-corrected chi connectivity index (χ4v) is 3.48. The number of aromatic nitrogens is 3. The smallest absolute Gasteiger partial charge is 0.366 e. The minimum atomic E-state index is -4.52. The van der Waals surface area contributed by atoms with Gasteiger partial charge < -0.3 is 5.73 Å². The van der Waals surface area contributed by atoms with Gasteiger partial charge in [0.25, 0.3) is 5.91 Å². The van der Waals surface area contributed by atoms with Crippen molar-refractivity contribution >= 4 is 33.4 Å². The van der Waals surface area contributed by atoms with Crippen molar-refractivity contribution in [1.82, 2.24) is 14.8 Å². The number of amides is 1. The first-order chi connectivity index (χ1) is 14.8. The number of nitrogens with one attached hydrogen (secondary N) is 1. The Labute approximate surface area is 181 Å². The van der Waals surface area contributed by atoms with Gasteiger partial charge in [0.05, 0.1) is 17.4 Å². The standard InChI is InChI=1S/C20H18F3N5O3S/c1-12-6-14(8-15(7-12)20(21,22)23)19-25-11-28(26-19)10-17(18(24)29)13-4-3-5-16(9-13)27-32(2,30)31/h3-11,27H,1-2H3,(H2,24,29)/b17-10+. The molecule has 0 aliphatic carbocycles. The Bertz CT molecular complexity index is 1310. The lowest BCUT2D eigenvalue weighted by Gasteiger charge is -2.09. The fourth-order valence-electron chi connectivity index (χ4n) is 2.92. The van der Waals surface area contributed by atoms with E-state index in [1.165, 1.54) is 49.8 Å². The second kappa shape index (κ2) is 8.46. The summed E-state index contributed by atoms with van der Waals surface area (Å²) in [6.45, 7) is 1.53. The number of benzene rings is 2. The van der Waals surface area contributed by atoms with Crippen LogP contribution in [0.4, 0.5) is 18.9 Å². The number of hydrogen-bond donors (Lipinski definition) is 2. The van der Waals surface area contributed by atoms with Gasteiger partial charge in [0.15, 0.2) is 5.82 Å². The molecule has 0 fully saturated rings. The molecule has 3 aromatic rings. The van der Waals surface area contributed by atoms with Crippen LogP contribution in [0.5, 0.6) is 0 Å². The molecule has 0 bridgehead atoms. The second-order valence-corrected chi connectivity index (χ2v) is 8.74. The van der Waals surface area contributed by atoms with Crippen LogP contribution in [0.25, 0.3) is 23.2 Å². The van der Waals surface area contributed by atoms with Crippen molar-refractivity contribution in [3.8, 4) is 11.4 Å². The van der Waals surface area contributed by atoms with E-state index in [9.17, 15) is 26.4 Å². The number of carbonyl (C=O) groups is 1. The molecular weight excluding hydrogens is 447 g/mol. The fraction of sp³-hybridized carbons (Fsp3) is 0.150. The van der Waals surface area contributed by atoms with Crippen molar-refractivity contribution in [2.75, 3.05) is 11.0 Å². The second-order valence-electron chi connectivity index (χ2n) is 7.00.